The van der Waals surface area contributed by atoms with Gasteiger partial charge in [-0.15, -0.1) is 0 Å². The van der Waals surface area contributed by atoms with Crippen molar-refractivity contribution in [1.82, 2.24) is 4.90 Å². The van der Waals surface area contributed by atoms with Crippen LogP contribution in [0.25, 0.3) is 0 Å². The van der Waals surface area contributed by atoms with E-state index in [0.717, 1.165) is 5.56 Å². The summed E-state index contributed by atoms with van der Waals surface area (Å²) in [5.74, 6) is 0. The summed E-state index contributed by atoms with van der Waals surface area (Å²) in [4.78, 5) is 12.4. The van der Waals surface area contributed by atoms with Crippen molar-refractivity contribution in [3.63, 3.8) is 0 Å². The molecular weight excluding hydrogens is 246 g/mol. The second kappa shape index (κ2) is 4.96. The van der Waals surface area contributed by atoms with Crippen LogP contribution in [0.2, 0.25) is 0 Å². The monoisotopic (exact) mass is 261 g/mol. The number of nitro benzene ring substituents is 1. The van der Waals surface area contributed by atoms with Gasteiger partial charge in [0.25, 0.3) is 5.69 Å². The first kappa shape index (κ1) is 13.5. The first-order valence-electron chi connectivity index (χ1n) is 5.99. The smallest absolute Gasteiger partial charge is 0.272 e. The molecule has 6 heteroatoms. The summed E-state index contributed by atoms with van der Waals surface area (Å²) in [5.41, 5.74) is 0.686. The molecular formula is C13H15N3O3. The Balaban J connectivity index is 2.01. The molecule has 2 rings (SSSR count). The summed E-state index contributed by atoms with van der Waals surface area (Å²) in [6, 6.07) is 7.11. The number of β-amino-alcohol motifs (C(OH)–C–C–N with tert-alkyl or cyclic N) is 1. The molecule has 1 aliphatic heterocycles. The Bertz CT molecular complexity index is 545. The van der Waals surface area contributed by atoms with Gasteiger partial charge in [-0.3, -0.25) is 15.0 Å². The summed E-state index contributed by atoms with van der Waals surface area (Å²) >= 11 is 0. The van der Waals surface area contributed by atoms with E-state index in [2.05, 4.69) is 0 Å². The zero-order valence-corrected chi connectivity index (χ0v) is 10.7. The van der Waals surface area contributed by atoms with Crippen molar-refractivity contribution in [3.8, 4) is 6.07 Å². The number of hydrogen-bond acceptors (Lipinski definition) is 5. The third-order valence-electron chi connectivity index (χ3n) is 3.32. The maximum absolute atomic E-state index is 10.8. The number of benzene rings is 1. The van der Waals surface area contributed by atoms with Gasteiger partial charge < -0.3 is 5.11 Å². The predicted octanol–water partition coefficient (Wildman–Crippen LogP) is 1.36. The Kier molecular flexibility index (Phi) is 3.51. The third kappa shape index (κ3) is 2.89. The molecule has 0 unspecified atom stereocenters. The normalized spacial score (nSPS) is 17.5. The first-order chi connectivity index (χ1) is 8.93. The maximum Gasteiger partial charge on any atom is 0.272 e. The van der Waals surface area contributed by atoms with Crippen molar-refractivity contribution < 1.29 is 10.0 Å². The zero-order chi connectivity index (χ0) is 14.0. The average Bonchev–Trinajstić information content (AvgIpc) is 2.29. The van der Waals surface area contributed by atoms with Crippen LogP contribution in [0.4, 0.5) is 5.69 Å². The first-order valence-corrected chi connectivity index (χ1v) is 5.99. The topological polar surface area (TPSA) is 90.4 Å². The highest BCUT2D eigenvalue weighted by Gasteiger charge is 2.40. The fourth-order valence-electron chi connectivity index (χ4n) is 2.37. The number of aliphatic hydroxyl groups is 1. The number of nitriles is 1. The summed E-state index contributed by atoms with van der Waals surface area (Å²) in [5, 5.41) is 29.3. The highest BCUT2D eigenvalue weighted by molar-refractivity contribution is 5.42. The van der Waals surface area contributed by atoms with Gasteiger partial charge in [0, 0.05) is 31.3 Å². The lowest BCUT2D eigenvalue weighted by atomic mass is 9.90. The summed E-state index contributed by atoms with van der Waals surface area (Å²) < 4.78 is 0. The molecule has 0 aliphatic carbocycles. The Morgan fingerprint density at radius 2 is 2.26 bits per heavy atom. The molecule has 100 valence electrons. The number of hydrogen-bond donors (Lipinski definition) is 1. The molecule has 1 heterocycles. The number of nitrogens with zero attached hydrogens (tertiary/aromatic N) is 3. The lowest BCUT2D eigenvalue weighted by molar-refractivity contribution is -0.385. The molecule has 1 fully saturated rings. The fraction of sp³-hybridized carbons (Fsp3) is 0.462. The average molecular weight is 261 g/mol. The van der Waals surface area contributed by atoms with Crippen LogP contribution in [0.3, 0.4) is 0 Å². The molecule has 1 aromatic rings. The minimum absolute atomic E-state index is 0.116. The molecule has 0 saturated carbocycles. The highest BCUT2D eigenvalue weighted by atomic mass is 16.6. The van der Waals surface area contributed by atoms with Gasteiger partial charge in [0.15, 0.2) is 0 Å². The number of likely N-dealkylation sites (tertiary alicyclic amines) is 1. The van der Waals surface area contributed by atoms with Crippen molar-refractivity contribution in [3.05, 3.63) is 39.4 Å². The van der Waals surface area contributed by atoms with E-state index in [1.165, 1.54) is 0 Å². The summed E-state index contributed by atoms with van der Waals surface area (Å²) in [7, 11) is 0. The third-order valence-corrected chi connectivity index (χ3v) is 3.32. The van der Waals surface area contributed by atoms with Gasteiger partial charge in [-0.1, -0.05) is 12.1 Å². The van der Waals surface area contributed by atoms with Gasteiger partial charge in [0.1, 0.15) is 5.60 Å². The second-order valence-corrected chi connectivity index (χ2v) is 5.08. The van der Waals surface area contributed by atoms with E-state index >= 15 is 0 Å². The van der Waals surface area contributed by atoms with Crippen LogP contribution in [0.5, 0.6) is 0 Å². The SMILES string of the molecule is Cc1ccc(CN2CC(O)(CC#N)C2)cc1[N+](=O)[O-]. The Hall–Kier alpha value is -1.97. The minimum Gasteiger partial charge on any atom is -0.386 e. The lowest BCUT2D eigenvalue weighted by Crippen LogP contribution is -2.60. The molecule has 19 heavy (non-hydrogen) atoms. The van der Waals surface area contributed by atoms with Crippen molar-refractivity contribution in [2.24, 2.45) is 0 Å². The Labute approximate surface area is 111 Å². The summed E-state index contributed by atoms with van der Waals surface area (Å²) in [6.45, 7) is 3.12. The van der Waals surface area contributed by atoms with Gasteiger partial charge in [0.2, 0.25) is 0 Å². The van der Waals surface area contributed by atoms with Crippen molar-refractivity contribution in [1.29, 1.82) is 5.26 Å². The molecule has 0 spiro atoms. The van der Waals surface area contributed by atoms with E-state index in [9.17, 15) is 15.2 Å². The quantitative estimate of drug-likeness (QED) is 0.652. The Morgan fingerprint density at radius 3 is 2.84 bits per heavy atom. The second-order valence-electron chi connectivity index (χ2n) is 5.08. The predicted molar refractivity (Wildman–Crippen MR) is 68.3 cm³/mol. The molecule has 1 saturated heterocycles. The molecule has 1 aromatic carbocycles. The van der Waals surface area contributed by atoms with Crippen LogP contribution in [-0.4, -0.2) is 33.6 Å². The lowest BCUT2D eigenvalue weighted by Gasteiger charge is -2.45. The molecule has 0 bridgehead atoms. The van der Waals surface area contributed by atoms with Crippen LogP contribution in [0, 0.1) is 28.4 Å². The van der Waals surface area contributed by atoms with E-state index in [0.29, 0.717) is 25.2 Å². The minimum atomic E-state index is -0.911. The van der Waals surface area contributed by atoms with Crippen LogP contribution < -0.4 is 0 Å². The zero-order valence-electron chi connectivity index (χ0n) is 10.7. The van der Waals surface area contributed by atoms with Crippen LogP contribution >= 0.6 is 0 Å². The van der Waals surface area contributed by atoms with E-state index in [1.54, 1.807) is 19.1 Å². The van der Waals surface area contributed by atoms with Gasteiger partial charge in [-0.2, -0.15) is 5.26 Å². The molecule has 1 N–H and O–H groups in total. The molecule has 6 nitrogen and oxygen atoms in total. The molecule has 0 atom stereocenters. The number of nitro groups is 1. The van der Waals surface area contributed by atoms with Crippen LogP contribution in [0.1, 0.15) is 17.5 Å². The Morgan fingerprint density at radius 1 is 1.58 bits per heavy atom. The maximum atomic E-state index is 10.8. The van der Waals surface area contributed by atoms with Gasteiger partial charge in [-0.05, 0) is 12.5 Å². The highest BCUT2D eigenvalue weighted by Crippen LogP contribution is 2.27. The van der Waals surface area contributed by atoms with Crippen LogP contribution in [-0.2, 0) is 6.54 Å². The van der Waals surface area contributed by atoms with Gasteiger partial charge >= 0.3 is 0 Å². The van der Waals surface area contributed by atoms with E-state index in [4.69, 9.17) is 5.26 Å². The largest absolute Gasteiger partial charge is 0.386 e. The van der Waals surface area contributed by atoms with E-state index < -0.39 is 5.60 Å². The van der Waals surface area contributed by atoms with Crippen molar-refractivity contribution in [2.45, 2.75) is 25.5 Å². The summed E-state index contributed by atoms with van der Waals surface area (Å²) in [6.07, 6.45) is 0.123. The molecule has 0 radical (unpaired) electrons. The van der Waals surface area contributed by atoms with E-state index in [1.807, 2.05) is 17.0 Å². The number of aryl methyl sites for hydroxylation is 1. The van der Waals surface area contributed by atoms with Gasteiger partial charge in [-0.25, -0.2) is 0 Å². The standard InChI is InChI=1S/C13H15N3O3/c1-10-2-3-11(6-12(10)16(18)19)7-15-8-13(17,9-15)4-5-14/h2-3,6,17H,4,7-9H2,1H3. The molecule has 0 aromatic heterocycles. The van der Waals surface area contributed by atoms with Crippen molar-refractivity contribution in [2.75, 3.05) is 13.1 Å². The fourth-order valence-corrected chi connectivity index (χ4v) is 2.37. The molecule has 0 amide bonds. The van der Waals surface area contributed by atoms with E-state index in [-0.39, 0.29) is 17.0 Å². The van der Waals surface area contributed by atoms with Gasteiger partial charge in [0.05, 0.1) is 17.4 Å². The van der Waals surface area contributed by atoms with Crippen LogP contribution in [0.15, 0.2) is 18.2 Å². The molecule has 1 aliphatic rings. The number of rotatable bonds is 4. The van der Waals surface area contributed by atoms with Crippen molar-refractivity contribution >= 4 is 5.69 Å².